The normalized spacial score (nSPS) is 16.8. The largest absolute Gasteiger partial charge is 0.497 e. The Hall–Kier alpha value is -2.15. The number of aromatic nitrogens is 2. The minimum Gasteiger partial charge on any atom is -0.497 e. The summed E-state index contributed by atoms with van der Waals surface area (Å²) < 4.78 is 11.9. The zero-order valence-corrected chi connectivity index (χ0v) is 16.0. The first-order valence-corrected chi connectivity index (χ1v) is 8.87. The molecule has 1 aromatic carbocycles. The van der Waals surface area contributed by atoms with Crippen molar-refractivity contribution in [3.8, 4) is 11.6 Å². The lowest BCUT2D eigenvalue weighted by molar-refractivity contribution is 0.0769. The quantitative estimate of drug-likeness (QED) is 0.781. The van der Waals surface area contributed by atoms with E-state index in [2.05, 4.69) is 25.9 Å². The summed E-state index contributed by atoms with van der Waals surface area (Å²) in [5, 5.41) is 0. The van der Waals surface area contributed by atoms with Crippen molar-refractivity contribution in [3.63, 3.8) is 0 Å². The molecule has 7 heteroatoms. The molecule has 0 radical (unpaired) electrons. The third-order valence-corrected chi connectivity index (χ3v) is 4.76. The van der Waals surface area contributed by atoms with E-state index < -0.39 is 0 Å². The summed E-state index contributed by atoms with van der Waals surface area (Å²) in [5.41, 5.74) is 1.46. The molecule has 0 unspecified atom stereocenters. The molecule has 6 nitrogen and oxygen atoms in total. The van der Waals surface area contributed by atoms with Gasteiger partial charge in [0.25, 0.3) is 5.91 Å². The van der Waals surface area contributed by atoms with Gasteiger partial charge in [-0.05, 0) is 48.0 Å². The molecule has 2 heterocycles. The highest BCUT2D eigenvalue weighted by molar-refractivity contribution is 9.10. The Morgan fingerprint density at radius 2 is 2.08 bits per heavy atom. The van der Waals surface area contributed by atoms with Crippen molar-refractivity contribution in [3.05, 3.63) is 45.8 Å². The number of ether oxygens (including phenoxy) is 2. The molecule has 25 heavy (non-hydrogen) atoms. The fourth-order valence-electron chi connectivity index (χ4n) is 2.89. The zero-order valence-electron chi connectivity index (χ0n) is 14.5. The molecule has 1 amide bonds. The van der Waals surface area contributed by atoms with Crippen LogP contribution in [-0.2, 0) is 0 Å². The molecule has 2 aromatic rings. The Bertz CT molecular complexity index is 777. The van der Waals surface area contributed by atoms with Crippen LogP contribution in [0, 0.1) is 13.8 Å². The van der Waals surface area contributed by atoms with Crippen molar-refractivity contribution in [2.45, 2.75) is 26.4 Å². The summed E-state index contributed by atoms with van der Waals surface area (Å²) in [5.74, 6) is 1.87. The Balaban J connectivity index is 1.69. The lowest BCUT2D eigenvalue weighted by Crippen LogP contribution is -2.31. The van der Waals surface area contributed by atoms with E-state index in [0.29, 0.717) is 36.1 Å². The fourth-order valence-corrected chi connectivity index (χ4v) is 3.30. The second-order valence-electron chi connectivity index (χ2n) is 6.02. The van der Waals surface area contributed by atoms with Crippen LogP contribution in [0.1, 0.15) is 28.3 Å². The minimum absolute atomic E-state index is 0.0353. The van der Waals surface area contributed by atoms with Crippen LogP contribution >= 0.6 is 15.9 Å². The summed E-state index contributed by atoms with van der Waals surface area (Å²) in [6, 6.07) is 7.20. The lowest BCUT2D eigenvalue weighted by Gasteiger charge is -2.18. The van der Waals surface area contributed by atoms with Gasteiger partial charge in [-0.3, -0.25) is 4.79 Å². The number of rotatable bonds is 4. The van der Waals surface area contributed by atoms with Crippen molar-refractivity contribution < 1.29 is 14.3 Å². The smallest absolute Gasteiger partial charge is 0.255 e. The molecule has 1 atom stereocenters. The predicted molar refractivity (Wildman–Crippen MR) is 97.1 cm³/mol. The van der Waals surface area contributed by atoms with Gasteiger partial charge >= 0.3 is 0 Å². The van der Waals surface area contributed by atoms with Crippen molar-refractivity contribution in [2.24, 2.45) is 0 Å². The highest BCUT2D eigenvalue weighted by atomic mass is 79.9. The monoisotopic (exact) mass is 405 g/mol. The fraction of sp³-hybridized carbons (Fsp3) is 0.389. The van der Waals surface area contributed by atoms with Crippen molar-refractivity contribution in [1.82, 2.24) is 14.9 Å². The van der Waals surface area contributed by atoms with E-state index in [1.807, 2.05) is 32.0 Å². The van der Waals surface area contributed by atoms with Crippen LogP contribution in [0.4, 0.5) is 0 Å². The van der Waals surface area contributed by atoms with E-state index >= 15 is 0 Å². The van der Waals surface area contributed by atoms with E-state index in [1.165, 1.54) is 0 Å². The molecule has 1 aliphatic heterocycles. The molecule has 1 aliphatic rings. The van der Waals surface area contributed by atoms with Gasteiger partial charge in [0.2, 0.25) is 5.88 Å². The first-order chi connectivity index (χ1) is 12.0. The minimum atomic E-state index is -0.0676. The van der Waals surface area contributed by atoms with Gasteiger partial charge in [0, 0.05) is 29.2 Å². The lowest BCUT2D eigenvalue weighted by atomic mass is 10.2. The molecule has 132 valence electrons. The number of carbonyl (C=O) groups excluding carboxylic acids is 1. The number of benzene rings is 1. The summed E-state index contributed by atoms with van der Waals surface area (Å²) in [6.45, 7) is 4.93. The van der Waals surface area contributed by atoms with E-state index in [4.69, 9.17) is 9.47 Å². The van der Waals surface area contributed by atoms with Gasteiger partial charge in [-0.25, -0.2) is 4.98 Å². The third kappa shape index (κ3) is 4.10. The number of methoxy groups -OCH3 is 1. The van der Waals surface area contributed by atoms with Gasteiger partial charge in [0.05, 0.1) is 19.2 Å². The summed E-state index contributed by atoms with van der Waals surface area (Å²) in [6.07, 6.45) is 0.706. The van der Waals surface area contributed by atoms with Crippen LogP contribution in [0.5, 0.6) is 11.6 Å². The van der Waals surface area contributed by atoms with Crippen LogP contribution in [0.3, 0.4) is 0 Å². The molecular formula is C18H20BrN3O3. The van der Waals surface area contributed by atoms with Crippen molar-refractivity contribution >= 4 is 21.8 Å². The maximum atomic E-state index is 12.8. The molecule has 0 bridgehead atoms. The average molecular weight is 406 g/mol. The van der Waals surface area contributed by atoms with Crippen LogP contribution in [0.2, 0.25) is 0 Å². The highest BCUT2D eigenvalue weighted by Gasteiger charge is 2.29. The summed E-state index contributed by atoms with van der Waals surface area (Å²) in [4.78, 5) is 23.1. The Kier molecular flexibility index (Phi) is 5.22. The second kappa shape index (κ2) is 7.39. The molecule has 0 aliphatic carbocycles. The van der Waals surface area contributed by atoms with Gasteiger partial charge in [0.1, 0.15) is 17.7 Å². The first kappa shape index (κ1) is 17.7. The van der Waals surface area contributed by atoms with Crippen LogP contribution < -0.4 is 9.47 Å². The molecule has 1 aromatic heterocycles. The molecular weight excluding hydrogens is 386 g/mol. The van der Waals surface area contributed by atoms with Gasteiger partial charge in [-0.15, -0.1) is 0 Å². The van der Waals surface area contributed by atoms with Gasteiger partial charge in [0.15, 0.2) is 0 Å². The molecule has 0 saturated carbocycles. The number of halogens is 1. The predicted octanol–water partition coefficient (Wildman–Crippen LogP) is 3.16. The molecule has 3 rings (SSSR count). The number of nitrogens with zero attached hydrogens (tertiary/aromatic N) is 3. The highest BCUT2D eigenvalue weighted by Crippen LogP contribution is 2.26. The van der Waals surface area contributed by atoms with Crippen LogP contribution in [0.15, 0.2) is 28.7 Å². The number of carbonyl (C=O) groups is 1. The SMILES string of the molecule is COc1ccc(Br)c(C(=O)N2CC[C@H](Oc3cc(C)nc(C)n3)C2)c1. The van der Waals surface area contributed by atoms with E-state index in [-0.39, 0.29) is 12.0 Å². The Morgan fingerprint density at radius 1 is 1.28 bits per heavy atom. The van der Waals surface area contributed by atoms with Crippen molar-refractivity contribution in [1.29, 1.82) is 0 Å². The number of likely N-dealkylation sites (tertiary alicyclic amines) is 1. The molecule has 0 N–H and O–H groups in total. The first-order valence-electron chi connectivity index (χ1n) is 8.08. The summed E-state index contributed by atoms with van der Waals surface area (Å²) in [7, 11) is 1.59. The number of hydrogen-bond acceptors (Lipinski definition) is 5. The summed E-state index contributed by atoms with van der Waals surface area (Å²) >= 11 is 3.44. The van der Waals surface area contributed by atoms with Crippen LogP contribution in [0.25, 0.3) is 0 Å². The second-order valence-corrected chi connectivity index (χ2v) is 6.87. The molecule has 0 spiro atoms. The third-order valence-electron chi connectivity index (χ3n) is 4.07. The topological polar surface area (TPSA) is 64.5 Å². The zero-order chi connectivity index (χ0) is 18.0. The molecule has 1 fully saturated rings. The standard InChI is InChI=1S/C18H20BrN3O3/c1-11-8-17(21-12(2)20-11)25-14-6-7-22(10-14)18(23)15-9-13(24-3)4-5-16(15)19/h4-5,8-9,14H,6-7,10H2,1-3H3/t14-/m0/s1. The molecule has 1 saturated heterocycles. The Morgan fingerprint density at radius 3 is 2.80 bits per heavy atom. The van der Waals surface area contributed by atoms with E-state index in [0.717, 1.165) is 16.6 Å². The van der Waals surface area contributed by atoms with Gasteiger partial charge in [-0.2, -0.15) is 4.98 Å². The number of amides is 1. The maximum absolute atomic E-state index is 12.8. The van der Waals surface area contributed by atoms with Crippen molar-refractivity contribution in [2.75, 3.05) is 20.2 Å². The average Bonchev–Trinajstić information content (AvgIpc) is 3.02. The van der Waals surface area contributed by atoms with Crippen LogP contribution in [-0.4, -0.2) is 47.1 Å². The van der Waals surface area contributed by atoms with E-state index in [1.54, 1.807) is 18.1 Å². The van der Waals surface area contributed by atoms with Gasteiger partial charge < -0.3 is 14.4 Å². The van der Waals surface area contributed by atoms with E-state index in [9.17, 15) is 4.79 Å². The Labute approximate surface area is 155 Å². The number of hydrogen-bond donors (Lipinski definition) is 0. The maximum Gasteiger partial charge on any atom is 0.255 e. The number of aryl methyl sites for hydroxylation is 2. The van der Waals surface area contributed by atoms with Gasteiger partial charge in [-0.1, -0.05) is 0 Å².